The lowest BCUT2D eigenvalue weighted by atomic mass is 9.93. The van der Waals surface area contributed by atoms with Gasteiger partial charge < -0.3 is 0 Å². The molecule has 1 aliphatic heterocycles. The van der Waals surface area contributed by atoms with Gasteiger partial charge >= 0.3 is 0 Å². The van der Waals surface area contributed by atoms with Crippen LogP contribution in [0.1, 0.15) is 36.6 Å². The molecule has 1 atom stereocenters. The molecule has 0 aromatic heterocycles. The van der Waals surface area contributed by atoms with Crippen LogP contribution in [0.5, 0.6) is 0 Å². The molecule has 1 aliphatic rings. The van der Waals surface area contributed by atoms with Crippen LogP contribution >= 0.6 is 11.6 Å². The molecule has 0 saturated heterocycles. The van der Waals surface area contributed by atoms with E-state index in [2.05, 4.69) is 55.3 Å². The van der Waals surface area contributed by atoms with Gasteiger partial charge in [0.25, 0.3) is 0 Å². The van der Waals surface area contributed by atoms with Crippen molar-refractivity contribution in [3.05, 3.63) is 76.3 Å². The summed E-state index contributed by atoms with van der Waals surface area (Å²) in [6.07, 6.45) is 5.40. The summed E-state index contributed by atoms with van der Waals surface area (Å²) in [6, 6.07) is 16.7. The van der Waals surface area contributed by atoms with Gasteiger partial charge in [0.1, 0.15) is 0 Å². The molecule has 0 aliphatic carbocycles. The second-order valence-corrected chi connectivity index (χ2v) is 7.07. The maximum absolute atomic E-state index is 6.08. The first kappa shape index (κ1) is 17.2. The number of fused-ring (bicyclic) bond motifs is 1. The minimum absolute atomic E-state index is 0.143. The molecule has 2 aromatic rings. The summed E-state index contributed by atoms with van der Waals surface area (Å²) in [6.45, 7) is 6.01. The second-order valence-electron chi connectivity index (χ2n) is 6.63. The number of halogens is 1. The summed E-state index contributed by atoms with van der Waals surface area (Å²) in [5, 5.41) is 2.88. The Hall–Kier alpha value is -1.61. The zero-order valence-electron chi connectivity index (χ0n) is 14.3. The van der Waals surface area contributed by atoms with Crippen molar-refractivity contribution < 1.29 is 4.84 Å². The van der Waals surface area contributed by atoms with Gasteiger partial charge in [-0.3, -0.25) is 4.84 Å². The van der Waals surface area contributed by atoms with Crippen LogP contribution in [0.25, 0.3) is 6.08 Å². The SMILES string of the molecule is CC(C)CON1CCc2ccccc2C1C=Cc1ccc(Cl)cc1. The normalized spacial score (nSPS) is 18.2. The Kier molecular flexibility index (Phi) is 5.72. The molecule has 2 aromatic carbocycles. The molecule has 3 rings (SSSR count). The zero-order chi connectivity index (χ0) is 16.9. The van der Waals surface area contributed by atoms with Crippen LogP contribution in [0, 0.1) is 5.92 Å². The predicted molar refractivity (Wildman–Crippen MR) is 101 cm³/mol. The average Bonchev–Trinajstić information content (AvgIpc) is 2.59. The molecule has 1 unspecified atom stereocenters. The van der Waals surface area contributed by atoms with E-state index in [4.69, 9.17) is 16.4 Å². The van der Waals surface area contributed by atoms with E-state index in [-0.39, 0.29) is 6.04 Å². The molecule has 0 N–H and O–H groups in total. The molecule has 0 bridgehead atoms. The first-order valence-corrected chi connectivity index (χ1v) is 8.92. The van der Waals surface area contributed by atoms with Crippen molar-refractivity contribution in [2.24, 2.45) is 5.92 Å². The molecule has 24 heavy (non-hydrogen) atoms. The Morgan fingerprint density at radius 1 is 1.17 bits per heavy atom. The smallest absolute Gasteiger partial charge is 0.0789 e. The van der Waals surface area contributed by atoms with Gasteiger partial charge in [0, 0.05) is 11.6 Å². The largest absolute Gasteiger partial charge is 0.298 e. The quantitative estimate of drug-likeness (QED) is 0.708. The fourth-order valence-corrected chi connectivity index (χ4v) is 3.07. The Bertz CT molecular complexity index is 693. The Labute approximate surface area is 149 Å². The van der Waals surface area contributed by atoms with E-state index in [9.17, 15) is 0 Å². The maximum Gasteiger partial charge on any atom is 0.0789 e. The number of hydrogen-bond acceptors (Lipinski definition) is 2. The summed E-state index contributed by atoms with van der Waals surface area (Å²) in [7, 11) is 0. The fraction of sp³-hybridized carbons (Fsp3) is 0.333. The first-order valence-electron chi connectivity index (χ1n) is 8.54. The van der Waals surface area contributed by atoms with Crippen LogP contribution in [0.3, 0.4) is 0 Å². The third kappa shape index (κ3) is 4.27. The lowest BCUT2D eigenvalue weighted by Gasteiger charge is -2.35. The monoisotopic (exact) mass is 341 g/mol. The molecule has 0 saturated carbocycles. The third-order valence-electron chi connectivity index (χ3n) is 4.20. The third-order valence-corrected chi connectivity index (χ3v) is 4.45. The highest BCUT2D eigenvalue weighted by molar-refractivity contribution is 6.30. The molecule has 1 heterocycles. The highest BCUT2D eigenvalue weighted by Gasteiger charge is 2.26. The molecular formula is C21H24ClNO. The summed E-state index contributed by atoms with van der Waals surface area (Å²) in [5.74, 6) is 0.517. The maximum atomic E-state index is 6.08. The van der Waals surface area contributed by atoms with Crippen LogP contribution in [0.15, 0.2) is 54.6 Å². The van der Waals surface area contributed by atoms with Crippen LogP contribution in [-0.2, 0) is 11.3 Å². The van der Waals surface area contributed by atoms with Crippen molar-refractivity contribution in [2.45, 2.75) is 26.3 Å². The molecule has 0 amide bonds. The Morgan fingerprint density at radius 2 is 1.92 bits per heavy atom. The van der Waals surface area contributed by atoms with Crippen LogP contribution in [0.4, 0.5) is 0 Å². The topological polar surface area (TPSA) is 12.5 Å². The van der Waals surface area contributed by atoms with E-state index in [0.29, 0.717) is 5.92 Å². The van der Waals surface area contributed by atoms with Crippen molar-refractivity contribution >= 4 is 17.7 Å². The summed E-state index contributed by atoms with van der Waals surface area (Å²) in [5.41, 5.74) is 3.89. The number of hydrogen-bond donors (Lipinski definition) is 0. The Balaban J connectivity index is 1.84. The number of hydroxylamine groups is 2. The van der Waals surface area contributed by atoms with Crippen molar-refractivity contribution in [1.29, 1.82) is 0 Å². The van der Waals surface area contributed by atoms with E-state index >= 15 is 0 Å². The van der Waals surface area contributed by atoms with Gasteiger partial charge in [-0.05, 0) is 41.2 Å². The first-order chi connectivity index (χ1) is 11.6. The van der Waals surface area contributed by atoms with Crippen molar-refractivity contribution in [3.8, 4) is 0 Å². The van der Waals surface area contributed by atoms with Crippen LogP contribution in [0.2, 0.25) is 5.02 Å². The van der Waals surface area contributed by atoms with Gasteiger partial charge in [-0.25, -0.2) is 0 Å². The standard InChI is InChI=1S/C21H24ClNO/c1-16(2)15-24-23-14-13-18-5-3-4-6-20(18)21(23)12-9-17-7-10-19(22)11-8-17/h3-12,16,21H,13-15H2,1-2H3. The van der Waals surface area contributed by atoms with E-state index < -0.39 is 0 Å². The molecular weight excluding hydrogens is 318 g/mol. The van der Waals surface area contributed by atoms with E-state index in [1.807, 2.05) is 24.3 Å². The summed E-state index contributed by atoms with van der Waals surface area (Å²) < 4.78 is 0. The summed E-state index contributed by atoms with van der Waals surface area (Å²) in [4.78, 5) is 6.08. The molecule has 0 radical (unpaired) electrons. The van der Waals surface area contributed by atoms with Crippen molar-refractivity contribution in [3.63, 3.8) is 0 Å². The lowest BCUT2D eigenvalue weighted by Crippen LogP contribution is -2.35. The number of benzene rings is 2. The van der Waals surface area contributed by atoms with Gasteiger partial charge in [0.05, 0.1) is 12.6 Å². The van der Waals surface area contributed by atoms with Crippen molar-refractivity contribution in [1.82, 2.24) is 5.06 Å². The second kappa shape index (κ2) is 7.98. The molecule has 2 nitrogen and oxygen atoms in total. The minimum Gasteiger partial charge on any atom is -0.298 e. The van der Waals surface area contributed by atoms with Gasteiger partial charge in [0.15, 0.2) is 0 Å². The molecule has 126 valence electrons. The van der Waals surface area contributed by atoms with E-state index in [1.54, 1.807) is 0 Å². The van der Waals surface area contributed by atoms with E-state index in [1.165, 1.54) is 11.1 Å². The summed E-state index contributed by atoms with van der Waals surface area (Å²) >= 11 is 5.97. The van der Waals surface area contributed by atoms with E-state index in [0.717, 1.165) is 30.2 Å². The lowest BCUT2D eigenvalue weighted by molar-refractivity contribution is -0.188. The Morgan fingerprint density at radius 3 is 2.67 bits per heavy atom. The predicted octanol–water partition coefficient (Wildman–Crippen LogP) is 5.54. The minimum atomic E-state index is 0.143. The van der Waals surface area contributed by atoms with Crippen LogP contribution < -0.4 is 0 Å². The molecule has 0 spiro atoms. The zero-order valence-corrected chi connectivity index (χ0v) is 15.0. The molecule has 0 fully saturated rings. The van der Waals surface area contributed by atoms with Crippen molar-refractivity contribution in [2.75, 3.05) is 13.2 Å². The van der Waals surface area contributed by atoms with Gasteiger partial charge in [-0.1, -0.05) is 74.0 Å². The van der Waals surface area contributed by atoms with Gasteiger partial charge in [-0.2, -0.15) is 5.06 Å². The van der Waals surface area contributed by atoms with Gasteiger partial charge in [-0.15, -0.1) is 0 Å². The average molecular weight is 342 g/mol. The number of nitrogens with zero attached hydrogens (tertiary/aromatic N) is 1. The van der Waals surface area contributed by atoms with Gasteiger partial charge in [0.2, 0.25) is 0 Å². The highest BCUT2D eigenvalue weighted by Crippen LogP contribution is 2.31. The number of rotatable bonds is 5. The fourth-order valence-electron chi connectivity index (χ4n) is 2.94. The molecule has 3 heteroatoms. The highest BCUT2D eigenvalue weighted by atomic mass is 35.5. The van der Waals surface area contributed by atoms with Crippen LogP contribution in [-0.4, -0.2) is 18.2 Å².